The van der Waals surface area contributed by atoms with E-state index in [4.69, 9.17) is 4.74 Å². The maximum Gasteiger partial charge on any atom is 0.0613 e. The normalized spacial score (nSPS) is 31.1. The molecule has 112 valence electrons. The van der Waals surface area contributed by atoms with Crippen LogP contribution in [-0.4, -0.2) is 75.4 Å². The Bertz CT molecular complexity index is 262. The smallest absolute Gasteiger partial charge is 0.0613 e. The summed E-state index contributed by atoms with van der Waals surface area (Å²) >= 11 is 0. The van der Waals surface area contributed by atoms with Crippen LogP contribution in [0.1, 0.15) is 26.2 Å². The minimum Gasteiger partial charge on any atom is -0.383 e. The Morgan fingerprint density at radius 1 is 1.32 bits per heavy atom. The van der Waals surface area contributed by atoms with Gasteiger partial charge >= 0.3 is 0 Å². The zero-order valence-corrected chi connectivity index (χ0v) is 12.9. The van der Waals surface area contributed by atoms with E-state index in [-0.39, 0.29) is 0 Å². The second-order valence-corrected chi connectivity index (χ2v) is 6.35. The summed E-state index contributed by atoms with van der Waals surface area (Å²) in [5.41, 5.74) is 0. The van der Waals surface area contributed by atoms with E-state index < -0.39 is 0 Å². The highest BCUT2D eigenvalue weighted by Crippen LogP contribution is 2.29. The Kier molecular flexibility index (Phi) is 6.07. The van der Waals surface area contributed by atoms with Crippen LogP contribution >= 0.6 is 0 Å². The van der Waals surface area contributed by atoms with Crippen molar-refractivity contribution in [3.63, 3.8) is 0 Å². The van der Waals surface area contributed by atoms with Gasteiger partial charge in [-0.1, -0.05) is 0 Å². The van der Waals surface area contributed by atoms with Crippen LogP contribution in [0.25, 0.3) is 0 Å². The van der Waals surface area contributed by atoms with Crippen LogP contribution in [0.15, 0.2) is 0 Å². The van der Waals surface area contributed by atoms with Gasteiger partial charge in [-0.05, 0) is 52.2 Å². The summed E-state index contributed by atoms with van der Waals surface area (Å²) in [7, 11) is 4.07. The lowest BCUT2D eigenvalue weighted by Crippen LogP contribution is -2.53. The Labute approximate surface area is 118 Å². The molecule has 0 aromatic carbocycles. The summed E-state index contributed by atoms with van der Waals surface area (Å²) in [6.45, 7) is 9.12. The lowest BCUT2D eigenvalue weighted by atomic mass is 9.84. The highest BCUT2D eigenvalue weighted by Gasteiger charge is 2.33. The Balaban J connectivity index is 1.66. The van der Waals surface area contributed by atoms with Gasteiger partial charge in [0.25, 0.3) is 0 Å². The lowest BCUT2D eigenvalue weighted by molar-refractivity contribution is 0.0385. The van der Waals surface area contributed by atoms with Crippen molar-refractivity contribution in [3.05, 3.63) is 0 Å². The number of nitrogens with zero attached hydrogens (tertiary/aromatic N) is 2. The van der Waals surface area contributed by atoms with Crippen molar-refractivity contribution in [1.82, 2.24) is 15.1 Å². The maximum absolute atomic E-state index is 5.15. The standard InChI is InChI=1S/C15H31N3O/c1-13(12-19-3)16-7-10-18-9-6-15-14(11-18)5-4-8-17(15)2/h13-16H,4-12H2,1-3H3. The summed E-state index contributed by atoms with van der Waals surface area (Å²) in [5, 5.41) is 3.53. The van der Waals surface area contributed by atoms with E-state index >= 15 is 0 Å². The van der Waals surface area contributed by atoms with Gasteiger partial charge in [-0.3, -0.25) is 0 Å². The minimum absolute atomic E-state index is 0.461. The van der Waals surface area contributed by atoms with Crippen LogP contribution < -0.4 is 5.32 Å². The molecule has 0 bridgehead atoms. The lowest BCUT2D eigenvalue weighted by Gasteiger charge is -2.46. The Morgan fingerprint density at radius 3 is 2.95 bits per heavy atom. The molecule has 2 saturated heterocycles. The molecule has 0 saturated carbocycles. The largest absolute Gasteiger partial charge is 0.383 e. The van der Waals surface area contributed by atoms with E-state index in [1.54, 1.807) is 7.11 Å². The molecular formula is C15H31N3O. The van der Waals surface area contributed by atoms with Gasteiger partial charge in [0.1, 0.15) is 0 Å². The first-order valence-corrected chi connectivity index (χ1v) is 7.85. The molecule has 2 rings (SSSR count). The van der Waals surface area contributed by atoms with Crippen molar-refractivity contribution in [2.24, 2.45) is 5.92 Å². The highest BCUT2D eigenvalue weighted by molar-refractivity contribution is 4.89. The number of hydrogen-bond acceptors (Lipinski definition) is 4. The zero-order chi connectivity index (χ0) is 13.7. The SMILES string of the molecule is COCC(C)NCCN1CCC2C(CCCN2C)C1. The number of piperidine rings is 2. The molecule has 0 aromatic rings. The highest BCUT2D eigenvalue weighted by atomic mass is 16.5. The third-order valence-corrected chi connectivity index (χ3v) is 4.77. The van der Waals surface area contributed by atoms with Gasteiger partial charge in [0.2, 0.25) is 0 Å². The van der Waals surface area contributed by atoms with Gasteiger partial charge < -0.3 is 19.9 Å². The van der Waals surface area contributed by atoms with Crippen LogP contribution in [0, 0.1) is 5.92 Å². The number of methoxy groups -OCH3 is 1. The number of likely N-dealkylation sites (tertiary alicyclic amines) is 2. The quantitative estimate of drug-likeness (QED) is 0.779. The number of hydrogen-bond donors (Lipinski definition) is 1. The monoisotopic (exact) mass is 269 g/mol. The van der Waals surface area contributed by atoms with Crippen LogP contribution in [-0.2, 0) is 4.74 Å². The topological polar surface area (TPSA) is 27.7 Å². The molecule has 0 aliphatic carbocycles. The van der Waals surface area contributed by atoms with Crippen molar-refractivity contribution < 1.29 is 4.74 Å². The third kappa shape index (κ3) is 4.42. The predicted molar refractivity (Wildman–Crippen MR) is 79.5 cm³/mol. The van der Waals surface area contributed by atoms with Gasteiger partial charge in [0.15, 0.2) is 0 Å². The van der Waals surface area contributed by atoms with Gasteiger partial charge in [0, 0.05) is 38.8 Å². The van der Waals surface area contributed by atoms with Gasteiger partial charge in [-0.25, -0.2) is 0 Å². The van der Waals surface area contributed by atoms with Crippen molar-refractivity contribution in [2.45, 2.75) is 38.3 Å². The molecule has 3 unspecified atom stereocenters. The summed E-state index contributed by atoms with van der Waals surface area (Å²) in [6.07, 6.45) is 4.17. The van der Waals surface area contributed by atoms with Crippen molar-refractivity contribution in [1.29, 1.82) is 0 Å². The fourth-order valence-electron chi connectivity index (χ4n) is 3.71. The van der Waals surface area contributed by atoms with Gasteiger partial charge in [-0.2, -0.15) is 0 Å². The summed E-state index contributed by atoms with van der Waals surface area (Å²) in [4.78, 5) is 5.23. The number of rotatable bonds is 6. The van der Waals surface area contributed by atoms with Crippen LogP contribution in [0.3, 0.4) is 0 Å². The zero-order valence-electron chi connectivity index (χ0n) is 12.9. The fourth-order valence-corrected chi connectivity index (χ4v) is 3.71. The molecule has 2 heterocycles. The molecule has 1 N–H and O–H groups in total. The number of nitrogens with one attached hydrogen (secondary N) is 1. The molecule has 4 nitrogen and oxygen atoms in total. The molecule has 0 spiro atoms. The van der Waals surface area contributed by atoms with Gasteiger partial charge in [0.05, 0.1) is 6.61 Å². The molecule has 4 heteroatoms. The number of fused-ring (bicyclic) bond motifs is 1. The average molecular weight is 269 g/mol. The molecule has 2 aliphatic rings. The minimum atomic E-state index is 0.461. The Hall–Kier alpha value is -0.160. The first-order valence-electron chi connectivity index (χ1n) is 7.85. The fraction of sp³-hybridized carbons (Fsp3) is 1.00. The molecule has 2 aliphatic heterocycles. The second kappa shape index (κ2) is 7.58. The average Bonchev–Trinajstić information content (AvgIpc) is 2.39. The first kappa shape index (κ1) is 15.2. The molecule has 0 radical (unpaired) electrons. The van der Waals surface area contributed by atoms with E-state index in [0.717, 1.165) is 25.1 Å². The predicted octanol–water partition coefficient (Wildman–Crippen LogP) is 1.03. The molecule has 19 heavy (non-hydrogen) atoms. The molecular weight excluding hydrogens is 238 g/mol. The second-order valence-electron chi connectivity index (χ2n) is 6.35. The van der Waals surface area contributed by atoms with Crippen LogP contribution in [0.2, 0.25) is 0 Å². The Morgan fingerprint density at radius 2 is 2.16 bits per heavy atom. The summed E-state index contributed by atoms with van der Waals surface area (Å²) < 4.78 is 5.15. The first-order chi connectivity index (χ1) is 9.20. The molecule has 3 atom stereocenters. The molecule has 0 amide bonds. The van der Waals surface area contributed by atoms with Crippen LogP contribution in [0.4, 0.5) is 0 Å². The van der Waals surface area contributed by atoms with E-state index in [1.807, 2.05) is 0 Å². The van der Waals surface area contributed by atoms with E-state index in [2.05, 4.69) is 29.1 Å². The number of ether oxygens (including phenoxy) is 1. The van der Waals surface area contributed by atoms with Gasteiger partial charge in [-0.15, -0.1) is 0 Å². The van der Waals surface area contributed by atoms with Crippen molar-refractivity contribution in [3.8, 4) is 0 Å². The van der Waals surface area contributed by atoms with Crippen molar-refractivity contribution in [2.75, 3.05) is 53.5 Å². The maximum atomic E-state index is 5.15. The third-order valence-electron chi connectivity index (χ3n) is 4.77. The summed E-state index contributed by atoms with van der Waals surface area (Å²) in [6, 6.07) is 1.31. The molecule has 0 aromatic heterocycles. The van der Waals surface area contributed by atoms with Crippen molar-refractivity contribution >= 4 is 0 Å². The summed E-state index contributed by atoms with van der Waals surface area (Å²) in [5.74, 6) is 0.906. The van der Waals surface area contributed by atoms with E-state index in [0.29, 0.717) is 6.04 Å². The van der Waals surface area contributed by atoms with E-state index in [9.17, 15) is 0 Å². The molecule has 2 fully saturated rings. The van der Waals surface area contributed by atoms with Crippen LogP contribution in [0.5, 0.6) is 0 Å². The van der Waals surface area contributed by atoms with E-state index in [1.165, 1.54) is 45.4 Å².